The standard InChI is InChI=1S/C14H16ClNO4/c1-20-12(8-2-4-9(15)5-3-8)7-16-13(17)10-6-11(10)14(18)19/h2-5,10-12H,6-7H2,1H3,(H,16,17)(H,18,19)/t10-,11+,12+/m0/s1. The first-order chi connectivity index (χ1) is 9.52. The lowest BCUT2D eigenvalue weighted by Gasteiger charge is -2.16. The van der Waals surface area contributed by atoms with Gasteiger partial charge in [0.05, 0.1) is 17.9 Å². The van der Waals surface area contributed by atoms with Gasteiger partial charge in [0.1, 0.15) is 0 Å². The maximum Gasteiger partial charge on any atom is 0.307 e. The molecule has 0 spiro atoms. The van der Waals surface area contributed by atoms with E-state index in [1.807, 2.05) is 12.1 Å². The van der Waals surface area contributed by atoms with E-state index in [9.17, 15) is 9.59 Å². The number of ether oxygens (including phenoxy) is 1. The van der Waals surface area contributed by atoms with Gasteiger partial charge in [0.2, 0.25) is 5.91 Å². The SMILES string of the molecule is CO[C@H](CNC(=O)[C@H]1C[C@H]1C(=O)O)c1ccc(Cl)cc1. The molecule has 2 N–H and O–H groups in total. The third kappa shape index (κ3) is 3.49. The Morgan fingerprint density at radius 1 is 1.40 bits per heavy atom. The zero-order valence-corrected chi connectivity index (χ0v) is 11.8. The predicted molar refractivity (Wildman–Crippen MR) is 73.4 cm³/mol. The summed E-state index contributed by atoms with van der Waals surface area (Å²) in [5.41, 5.74) is 0.905. The van der Waals surface area contributed by atoms with E-state index in [1.54, 1.807) is 19.2 Å². The summed E-state index contributed by atoms with van der Waals surface area (Å²) in [6.07, 6.45) is 0.137. The summed E-state index contributed by atoms with van der Waals surface area (Å²) < 4.78 is 5.33. The first-order valence-electron chi connectivity index (χ1n) is 6.31. The lowest BCUT2D eigenvalue weighted by atomic mass is 10.1. The molecule has 1 saturated carbocycles. The number of nitrogens with one attached hydrogen (secondary N) is 1. The molecular formula is C14H16ClNO4. The Balaban J connectivity index is 1.87. The third-order valence-corrected chi connectivity index (χ3v) is 3.68. The van der Waals surface area contributed by atoms with Crippen LogP contribution in [-0.4, -0.2) is 30.6 Å². The Kier molecular flexibility index (Phi) is 4.62. The Morgan fingerprint density at radius 3 is 2.55 bits per heavy atom. The summed E-state index contributed by atoms with van der Waals surface area (Å²) in [4.78, 5) is 22.5. The molecule has 0 aliphatic heterocycles. The highest BCUT2D eigenvalue weighted by Gasteiger charge is 2.48. The van der Waals surface area contributed by atoms with Crippen molar-refractivity contribution in [3.8, 4) is 0 Å². The van der Waals surface area contributed by atoms with E-state index in [1.165, 1.54) is 0 Å². The largest absolute Gasteiger partial charge is 0.481 e. The van der Waals surface area contributed by atoms with Crippen molar-refractivity contribution in [1.82, 2.24) is 5.32 Å². The van der Waals surface area contributed by atoms with Crippen LogP contribution in [0.3, 0.4) is 0 Å². The van der Waals surface area contributed by atoms with Gasteiger partial charge in [0.15, 0.2) is 0 Å². The number of carboxylic acids is 1. The van der Waals surface area contributed by atoms with Crippen molar-refractivity contribution in [2.45, 2.75) is 12.5 Å². The minimum Gasteiger partial charge on any atom is -0.481 e. The summed E-state index contributed by atoms with van der Waals surface area (Å²) in [7, 11) is 1.56. The lowest BCUT2D eigenvalue weighted by Crippen LogP contribution is -2.31. The van der Waals surface area contributed by atoms with Crippen molar-refractivity contribution in [1.29, 1.82) is 0 Å². The Morgan fingerprint density at radius 2 is 2.05 bits per heavy atom. The molecule has 0 bridgehead atoms. The zero-order valence-electron chi connectivity index (χ0n) is 11.0. The minimum absolute atomic E-state index is 0.228. The van der Waals surface area contributed by atoms with Gasteiger partial charge in [-0.3, -0.25) is 9.59 Å². The van der Waals surface area contributed by atoms with Crippen LogP contribution in [0.25, 0.3) is 0 Å². The highest BCUT2D eigenvalue weighted by molar-refractivity contribution is 6.30. The van der Waals surface area contributed by atoms with E-state index in [0.717, 1.165) is 5.56 Å². The number of amides is 1. The quantitative estimate of drug-likeness (QED) is 0.840. The number of carboxylic acid groups (broad SMARTS) is 1. The summed E-state index contributed by atoms with van der Waals surface area (Å²) in [5, 5.41) is 12.2. The average Bonchev–Trinajstić information content (AvgIpc) is 3.21. The van der Waals surface area contributed by atoms with Crippen molar-refractivity contribution in [2.75, 3.05) is 13.7 Å². The zero-order chi connectivity index (χ0) is 14.7. The van der Waals surface area contributed by atoms with E-state index in [0.29, 0.717) is 18.0 Å². The lowest BCUT2D eigenvalue weighted by molar-refractivity contribution is -0.140. The maximum absolute atomic E-state index is 11.8. The normalized spacial score (nSPS) is 22.1. The van der Waals surface area contributed by atoms with Crippen LogP contribution < -0.4 is 5.32 Å². The molecule has 3 atom stereocenters. The number of aliphatic carboxylic acids is 1. The molecule has 1 aromatic rings. The van der Waals surface area contributed by atoms with Crippen molar-refractivity contribution >= 4 is 23.5 Å². The van der Waals surface area contributed by atoms with Gasteiger partial charge in [-0.05, 0) is 24.1 Å². The second-order valence-electron chi connectivity index (χ2n) is 4.81. The van der Waals surface area contributed by atoms with Gasteiger partial charge >= 0.3 is 5.97 Å². The Labute approximate surface area is 121 Å². The van der Waals surface area contributed by atoms with Crippen molar-refractivity contribution in [3.63, 3.8) is 0 Å². The van der Waals surface area contributed by atoms with E-state index in [-0.39, 0.29) is 12.0 Å². The molecule has 1 aliphatic carbocycles. The van der Waals surface area contributed by atoms with E-state index < -0.39 is 17.8 Å². The summed E-state index contributed by atoms with van der Waals surface area (Å²) in [6.45, 7) is 0.305. The van der Waals surface area contributed by atoms with Crippen molar-refractivity contribution in [3.05, 3.63) is 34.9 Å². The third-order valence-electron chi connectivity index (χ3n) is 3.43. The first-order valence-corrected chi connectivity index (χ1v) is 6.69. The molecule has 2 rings (SSSR count). The monoisotopic (exact) mass is 297 g/mol. The van der Waals surface area contributed by atoms with Gasteiger partial charge in [-0.2, -0.15) is 0 Å². The molecule has 5 nitrogen and oxygen atoms in total. The van der Waals surface area contributed by atoms with Gasteiger partial charge < -0.3 is 15.2 Å². The molecule has 1 aliphatic rings. The van der Waals surface area contributed by atoms with Crippen LogP contribution in [-0.2, 0) is 14.3 Å². The number of benzene rings is 1. The van der Waals surface area contributed by atoms with Crippen molar-refractivity contribution in [2.24, 2.45) is 11.8 Å². The number of rotatable bonds is 6. The molecular weight excluding hydrogens is 282 g/mol. The number of hydrogen-bond acceptors (Lipinski definition) is 3. The van der Waals surface area contributed by atoms with E-state index in [2.05, 4.69) is 5.32 Å². The van der Waals surface area contributed by atoms with E-state index in [4.69, 9.17) is 21.4 Å². The minimum atomic E-state index is -0.911. The van der Waals surface area contributed by atoms with Gasteiger partial charge in [-0.25, -0.2) is 0 Å². The molecule has 1 aromatic carbocycles. The number of carbonyl (C=O) groups excluding carboxylic acids is 1. The van der Waals surface area contributed by atoms with Crippen molar-refractivity contribution < 1.29 is 19.4 Å². The van der Waals surface area contributed by atoms with Crippen LogP contribution in [0.2, 0.25) is 5.02 Å². The molecule has 0 saturated heterocycles. The van der Waals surface area contributed by atoms with Crippen LogP contribution >= 0.6 is 11.6 Å². The summed E-state index contributed by atoms with van der Waals surface area (Å²) in [5.74, 6) is -2.08. The molecule has 20 heavy (non-hydrogen) atoms. The fraction of sp³-hybridized carbons (Fsp3) is 0.429. The molecule has 1 amide bonds. The molecule has 0 heterocycles. The van der Waals surface area contributed by atoms with Crippen LogP contribution in [0, 0.1) is 11.8 Å². The topological polar surface area (TPSA) is 75.6 Å². The predicted octanol–water partition coefficient (Wildman–Crippen LogP) is 1.86. The summed E-state index contributed by atoms with van der Waals surface area (Å²) in [6, 6.07) is 7.18. The second kappa shape index (κ2) is 6.24. The maximum atomic E-state index is 11.8. The van der Waals surface area contributed by atoms with Crippen LogP contribution in [0.1, 0.15) is 18.1 Å². The average molecular weight is 298 g/mol. The highest BCUT2D eigenvalue weighted by atomic mass is 35.5. The second-order valence-corrected chi connectivity index (χ2v) is 5.24. The highest BCUT2D eigenvalue weighted by Crippen LogP contribution is 2.38. The molecule has 0 radical (unpaired) electrons. The fourth-order valence-electron chi connectivity index (χ4n) is 2.10. The molecule has 6 heteroatoms. The smallest absolute Gasteiger partial charge is 0.307 e. The number of methoxy groups -OCH3 is 1. The number of hydrogen-bond donors (Lipinski definition) is 2. The molecule has 0 aromatic heterocycles. The summed E-state index contributed by atoms with van der Waals surface area (Å²) >= 11 is 5.82. The van der Waals surface area contributed by atoms with E-state index >= 15 is 0 Å². The van der Waals surface area contributed by atoms with Gasteiger partial charge in [0.25, 0.3) is 0 Å². The Hall–Kier alpha value is -1.59. The van der Waals surface area contributed by atoms with Crippen LogP contribution in [0.15, 0.2) is 24.3 Å². The van der Waals surface area contributed by atoms with Crippen LogP contribution in [0.4, 0.5) is 0 Å². The van der Waals surface area contributed by atoms with Crippen LogP contribution in [0.5, 0.6) is 0 Å². The molecule has 0 unspecified atom stereocenters. The number of carbonyl (C=O) groups is 2. The number of halogens is 1. The van der Waals surface area contributed by atoms with Gasteiger partial charge in [-0.15, -0.1) is 0 Å². The molecule has 108 valence electrons. The molecule has 1 fully saturated rings. The fourth-order valence-corrected chi connectivity index (χ4v) is 2.22. The van der Waals surface area contributed by atoms with Gasteiger partial charge in [0, 0.05) is 18.7 Å². The first kappa shape index (κ1) is 14.8. The Bertz CT molecular complexity index is 502. The van der Waals surface area contributed by atoms with Gasteiger partial charge in [-0.1, -0.05) is 23.7 Å².